The van der Waals surface area contributed by atoms with E-state index in [1.54, 1.807) is 7.11 Å². The van der Waals surface area contributed by atoms with E-state index >= 15 is 0 Å². The zero-order valence-electron chi connectivity index (χ0n) is 17.5. The van der Waals surface area contributed by atoms with Gasteiger partial charge in [0.15, 0.2) is 23.0 Å². The third-order valence-electron chi connectivity index (χ3n) is 5.20. The first-order valence-electron chi connectivity index (χ1n) is 10.1. The summed E-state index contributed by atoms with van der Waals surface area (Å²) >= 11 is 0. The van der Waals surface area contributed by atoms with Crippen molar-refractivity contribution in [2.45, 2.75) is 26.4 Å². The fraction of sp³-hybridized carbons (Fsp3) is 0.280. The molecule has 0 fully saturated rings. The van der Waals surface area contributed by atoms with E-state index < -0.39 is 0 Å². The predicted molar refractivity (Wildman–Crippen MR) is 115 cm³/mol. The lowest BCUT2D eigenvalue weighted by Crippen LogP contribution is -2.03. The first kappa shape index (κ1) is 20.0. The van der Waals surface area contributed by atoms with Crippen LogP contribution in [0, 0.1) is 0 Å². The molecule has 1 atom stereocenters. The van der Waals surface area contributed by atoms with E-state index in [2.05, 4.69) is 13.0 Å². The van der Waals surface area contributed by atoms with Crippen LogP contribution < -0.4 is 23.7 Å². The van der Waals surface area contributed by atoms with Gasteiger partial charge in [0.05, 0.1) is 13.7 Å². The van der Waals surface area contributed by atoms with Crippen LogP contribution in [-0.4, -0.2) is 20.5 Å². The Morgan fingerprint density at radius 3 is 2.37 bits per heavy atom. The average molecular weight is 406 g/mol. The van der Waals surface area contributed by atoms with Gasteiger partial charge in [-0.2, -0.15) is 0 Å². The fourth-order valence-corrected chi connectivity index (χ4v) is 3.55. The molecule has 0 N–H and O–H groups in total. The van der Waals surface area contributed by atoms with E-state index in [1.165, 1.54) is 0 Å². The maximum atomic E-state index is 5.99. The van der Waals surface area contributed by atoms with Crippen molar-refractivity contribution in [3.05, 3.63) is 77.4 Å². The summed E-state index contributed by atoms with van der Waals surface area (Å²) in [4.78, 5) is 0. The minimum atomic E-state index is 0.0677. The Bertz CT molecular complexity index is 1000. The first-order valence-corrected chi connectivity index (χ1v) is 10.1. The SMILES string of the molecule is CCOc1cc2c(cc1[C@@H](C)c1ccc(OCc3ccccc3)c(OC)c1)OCO2. The summed E-state index contributed by atoms with van der Waals surface area (Å²) in [5.74, 6) is 3.75. The van der Waals surface area contributed by atoms with E-state index in [0.717, 1.165) is 33.9 Å². The summed E-state index contributed by atoms with van der Waals surface area (Å²) in [6.07, 6.45) is 0. The molecular weight excluding hydrogens is 380 g/mol. The van der Waals surface area contributed by atoms with E-state index in [4.69, 9.17) is 23.7 Å². The summed E-state index contributed by atoms with van der Waals surface area (Å²) in [5, 5.41) is 0. The molecule has 1 aliphatic rings. The average Bonchev–Trinajstić information content (AvgIpc) is 3.25. The maximum Gasteiger partial charge on any atom is 0.231 e. The summed E-state index contributed by atoms with van der Waals surface area (Å²) in [7, 11) is 1.66. The number of fused-ring (bicyclic) bond motifs is 1. The third-order valence-corrected chi connectivity index (χ3v) is 5.20. The molecule has 0 aromatic heterocycles. The molecule has 0 aliphatic carbocycles. The molecule has 0 spiro atoms. The Labute approximate surface area is 177 Å². The van der Waals surface area contributed by atoms with Crippen LogP contribution in [0.25, 0.3) is 0 Å². The van der Waals surface area contributed by atoms with Gasteiger partial charge in [0.2, 0.25) is 6.79 Å². The van der Waals surface area contributed by atoms with Crippen molar-refractivity contribution in [3.8, 4) is 28.7 Å². The van der Waals surface area contributed by atoms with Crippen LogP contribution in [0.3, 0.4) is 0 Å². The van der Waals surface area contributed by atoms with Crippen LogP contribution in [0.5, 0.6) is 28.7 Å². The molecule has 3 aromatic carbocycles. The Morgan fingerprint density at radius 2 is 1.63 bits per heavy atom. The highest BCUT2D eigenvalue weighted by Gasteiger charge is 2.22. The summed E-state index contributed by atoms with van der Waals surface area (Å²) in [6.45, 7) is 5.41. The second kappa shape index (κ2) is 8.99. The fourth-order valence-electron chi connectivity index (χ4n) is 3.55. The van der Waals surface area contributed by atoms with Crippen LogP contribution in [0.15, 0.2) is 60.7 Å². The van der Waals surface area contributed by atoms with Gasteiger partial charge in [0.1, 0.15) is 12.4 Å². The van der Waals surface area contributed by atoms with Crippen LogP contribution >= 0.6 is 0 Å². The lowest BCUT2D eigenvalue weighted by atomic mass is 9.91. The second-order valence-electron chi connectivity index (χ2n) is 7.08. The Kier molecular flexibility index (Phi) is 5.98. The number of benzene rings is 3. The minimum Gasteiger partial charge on any atom is -0.493 e. The highest BCUT2D eigenvalue weighted by molar-refractivity contribution is 5.55. The molecule has 30 heavy (non-hydrogen) atoms. The smallest absolute Gasteiger partial charge is 0.231 e. The summed E-state index contributed by atoms with van der Waals surface area (Å²) < 4.78 is 28.6. The van der Waals surface area contributed by atoms with Gasteiger partial charge in [-0.3, -0.25) is 0 Å². The van der Waals surface area contributed by atoms with Crippen molar-refractivity contribution in [2.75, 3.05) is 20.5 Å². The van der Waals surface area contributed by atoms with Crippen molar-refractivity contribution >= 4 is 0 Å². The van der Waals surface area contributed by atoms with Crippen LogP contribution in [0.1, 0.15) is 36.5 Å². The second-order valence-corrected chi connectivity index (χ2v) is 7.08. The van der Waals surface area contributed by atoms with Gasteiger partial charge in [-0.25, -0.2) is 0 Å². The molecule has 3 aromatic rings. The Hall–Kier alpha value is -3.34. The number of hydrogen-bond donors (Lipinski definition) is 0. The van der Waals surface area contributed by atoms with Crippen molar-refractivity contribution in [1.82, 2.24) is 0 Å². The first-order chi connectivity index (χ1) is 14.7. The van der Waals surface area contributed by atoms with Crippen molar-refractivity contribution in [2.24, 2.45) is 0 Å². The molecular formula is C25H26O5. The van der Waals surface area contributed by atoms with Gasteiger partial charge < -0.3 is 23.7 Å². The highest BCUT2D eigenvalue weighted by atomic mass is 16.7. The number of methoxy groups -OCH3 is 1. The normalized spacial score (nSPS) is 13.0. The van der Waals surface area contributed by atoms with Crippen LogP contribution in [0.2, 0.25) is 0 Å². The lowest BCUT2D eigenvalue weighted by Gasteiger charge is -2.19. The molecule has 0 amide bonds. The van der Waals surface area contributed by atoms with Crippen LogP contribution in [0.4, 0.5) is 0 Å². The Balaban J connectivity index is 1.59. The van der Waals surface area contributed by atoms with Gasteiger partial charge in [0, 0.05) is 17.5 Å². The van der Waals surface area contributed by atoms with Gasteiger partial charge in [0.25, 0.3) is 0 Å². The standard InChI is InChI=1S/C25H26O5/c1-4-27-22-14-25-24(29-16-30-25)13-20(22)17(2)19-10-11-21(23(12-19)26-3)28-15-18-8-6-5-7-9-18/h5-14,17H,4,15-16H2,1-3H3/t17-/m0/s1. The van der Waals surface area contributed by atoms with Gasteiger partial charge in [-0.1, -0.05) is 43.3 Å². The number of rotatable bonds is 8. The van der Waals surface area contributed by atoms with Crippen molar-refractivity contribution in [1.29, 1.82) is 0 Å². The molecule has 1 aliphatic heterocycles. The third kappa shape index (κ3) is 4.15. The topological polar surface area (TPSA) is 46.2 Å². The molecule has 1 heterocycles. The number of hydrogen-bond acceptors (Lipinski definition) is 5. The number of ether oxygens (including phenoxy) is 5. The van der Waals surface area contributed by atoms with Gasteiger partial charge >= 0.3 is 0 Å². The molecule has 4 rings (SSSR count). The molecule has 0 unspecified atom stereocenters. The maximum absolute atomic E-state index is 5.99. The molecule has 0 saturated carbocycles. The molecule has 0 saturated heterocycles. The van der Waals surface area contributed by atoms with Crippen LogP contribution in [-0.2, 0) is 6.61 Å². The Morgan fingerprint density at radius 1 is 0.867 bits per heavy atom. The van der Waals surface area contributed by atoms with Crippen molar-refractivity contribution in [3.63, 3.8) is 0 Å². The molecule has 156 valence electrons. The zero-order chi connectivity index (χ0) is 20.9. The van der Waals surface area contributed by atoms with E-state index in [1.807, 2.05) is 61.5 Å². The molecule has 5 heteroatoms. The van der Waals surface area contributed by atoms with E-state index in [9.17, 15) is 0 Å². The largest absolute Gasteiger partial charge is 0.493 e. The molecule has 0 radical (unpaired) electrons. The lowest BCUT2D eigenvalue weighted by molar-refractivity contribution is 0.173. The quantitative estimate of drug-likeness (QED) is 0.491. The summed E-state index contributed by atoms with van der Waals surface area (Å²) in [6, 6.07) is 20.0. The monoisotopic (exact) mass is 406 g/mol. The summed E-state index contributed by atoms with van der Waals surface area (Å²) in [5.41, 5.74) is 3.25. The van der Waals surface area contributed by atoms with Gasteiger partial charge in [-0.15, -0.1) is 0 Å². The molecule has 0 bridgehead atoms. The minimum absolute atomic E-state index is 0.0677. The zero-order valence-corrected chi connectivity index (χ0v) is 17.5. The molecule has 5 nitrogen and oxygen atoms in total. The van der Waals surface area contributed by atoms with E-state index in [0.29, 0.717) is 24.7 Å². The highest BCUT2D eigenvalue weighted by Crippen LogP contribution is 2.43. The predicted octanol–water partition coefficient (Wildman–Crippen LogP) is 5.55. The van der Waals surface area contributed by atoms with Crippen molar-refractivity contribution < 1.29 is 23.7 Å². The van der Waals surface area contributed by atoms with E-state index in [-0.39, 0.29) is 12.7 Å². The van der Waals surface area contributed by atoms with Gasteiger partial charge in [-0.05, 0) is 36.2 Å².